The van der Waals surface area contributed by atoms with Gasteiger partial charge in [-0.25, -0.2) is 0 Å². The third-order valence-electron chi connectivity index (χ3n) is 2.60. The summed E-state index contributed by atoms with van der Waals surface area (Å²) in [4.78, 5) is 13.6. The van der Waals surface area contributed by atoms with Crippen LogP contribution in [0.3, 0.4) is 0 Å². The van der Waals surface area contributed by atoms with E-state index in [1.165, 1.54) is 0 Å². The molecule has 0 spiro atoms. The van der Waals surface area contributed by atoms with Gasteiger partial charge in [-0.1, -0.05) is 0 Å². The third-order valence-corrected chi connectivity index (χ3v) is 2.60. The molecule has 0 bridgehead atoms. The van der Waals surface area contributed by atoms with Crippen LogP contribution in [0.5, 0.6) is 0 Å². The van der Waals surface area contributed by atoms with Crippen LogP contribution in [0.15, 0.2) is 0 Å². The Labute approximate surface area is 85.3 Å². The normalized spacial score (nSPS) is 18.3. The number of rotatable bonds is 6. The van der Waals surface area contributed by atoms with E-state index in [1.807, 2.05) is 13.8 Å². The van der Waals surface area contributed by atoms with Crippen LogP contribution >= 0.6 is 0 Å². The topological polar surface area (TPSA) is 52.6 Å². The van der Waals surface area contributed by atoms with Crippen LogP contribution in [0.25, 0.3) is 0 Å². The maximum Gasteiger partial charge on any atom is 0.237 e. The molecule has 0 heterocycles. The molecule has 0 saturated heterocycles. The second kappa shape index (κ2) is 5.32. The molecule has 4 heteroatoms. The van der Waals surface area contributed by atoms with Gasteiger partial charge in [-0.2, -0.15) is 0 Å². The fraction of sp³-hybridized carbons (Fsp3) is 0.900. The number of carbonyl (C=O) groups excluding carboxylic acids is 1. The Morgan fingerprint density at radius 1 is 1.64 bits per heavy atom. The molecule has 14 heavy (non-hydrogen) atoms. The Morgan fingerprint density at radius 3 is 2.71 bits per heavy atom. The quantitative estimate of drug-likeness (QED) is 0.633. The van der Waals surface area contributed by atoms with E-state index >= 15 is 0 Å². The Hall–Kier alpha value is -0.610. The van der Waals surface area contributed by atoms with Crippen molar-refractivity contribution in [2.45, 2.75) is 38.8 Å². The molecule has 0 radical (unpaired) electrons. The van der Waals surface area contributed by atoms with E-state index < -0.39 is 0 Å². The average Bonchev–Trinajstić information content (AvgIpc) is 2.97. The number of aliphatic hydroxyl groups excluding tert-OH is 1. The van der Waals surface area contributed by atoms with E-state index in [0.29, 0.717) is 19.1 Å². The van der Waals surface area contributed by atoms with Gasteiger partial charge in [0.1, 0.15) is 0 Å². The Bertz CT molecular complexity index is 193. The number of amides is 1. The van der Waals surface area contributed by atoms with Gasteiger partial charge in [-0.15, -0.1) is 0 Å². The van der Waals surface area contributed by atoms with Crippen LogP contribution < -0.4 is 5.32 Å². The predicted octanol–water partition coefficient (Wildman–Crippen LogP) is -0.0323. The minimum atomic E-state index is -0.116. The van der Waals surface area contributed by atoms with Crippen LogP contribution in [0.2, 0.25) is 0 Å². The molecule has 1 aliphatic rings. The highest BCUT2D eigenvalue weighted by molar-refractivity contribution is 5.81. The van der Waals surface area contributed by atoms with Crippen LogP contribution in [0.4, 0.5) is 0 Å². The summed E-state index contributed by atoms with van der Waals surface area (Å²) in [5, 5.41) is 11.7. The van der Waals surface area contributed by atoms with Crippen LogP contribution in [0.1, 0.15) is 26.7 Å². The smallest absolute Gasteiger partial charge is 0.237 e. The van der Waals surface area contributed by atoms with Crippen molar-refractivity contribution in [2.75, 3.05) is 19.7 Å². The zero-order valence-electron chi connectivity index (χ0n) is 8.99. The molecular weight excluding hydrogens is 180 g/mol. The number of likely N-dealkylation sites (N-methyl/N-ethyl adjacent to an activating group) is 1. The summed E-state index contributed by atoms with van der Waals surface area (Å²) in [7, 11) is 0. The van der Waals surface area contributed by atoms with Crippen molar-refractivity contribution in [3.05, 3.63) is 0 Å². The SMILES string of the molecule is CCNC(=O)C(C)N(CCO)C1CC1. The Kier molecular flexibility index (Phi) is 4.35. The fourth-order valence-electron chi connectivity index (χ4n) is 1.69. The second-order valence-electron chi connectivity index (χ2n) is 3.76. The molecule has 0 aliphatic heterocycles. The standard InChI is InChI=1S/C10H20N2O2/c1-3-11-10(14)8(2)12(6-7-13)9-4-5-9/h8-9,13H,3-7H2,1-2H3,(H,11,14). The summed E-state index contributed by atoms with van der Waals surface area (Å²) in [6, 6.07) is 0.398. The van der Waals surface area contributed by atoms with Gasteiger partial charge < -0.3 is 10.4 Å². The zero-order chi connectivity index (χ0) is 10.6. The number of carbonyl (C=O) groups is 1. The largest absolute Gasteiger partial charge is 0.395 e. The number of nitrogens with zero attached hydrogens (tertiary/aromatic N) is 1. The number of aliphatic hydroxyl groups is 1. The molecule has 0 aromatic rings. The highest BCUT2D eigenvalue weighted by Crippen LogP contribution is 2.28. The maximum atomic E-state index is 11.6. The van der Waals surface area contributed by atoms with Gasteiger partial charge in [0.2, 0.25) is 5.91 Å². The molecule has 1 amide bonds. The summed E-state index contributed by atoms with van der Waals surface area (Å²) in [6.45, 7) is 5.21. The first-order valence-electron chi connectivity index (χ1n) is 5.35. The maximum absolute atomic E-state index is 11.6. The lowest BCUT2D eigenvalue weighted by atomic mass is 10.2. The summed E-state index contributed by atoms with van der Waals surface area (Å²) in [5.41, 5.74) is 0. The summed E-state index contributed by atoms with van der Waals surface area (Å²) in [5.74, 6) is 0.0628. The molecule has 0 aromatic carbocycles. The fourth-order valence-corrected chi connectivity index (χ4v) is 1.69. The van der Waals surface area contributed by atoms with Crippen molar-refractivity contribution in [1.82, 2.24) is 10.2 Å². The summed E-state index contributed by atoms with van der Waals surface area (Å²) in [6.07, 6.45) is 2.31. The molecule has 1 fully saturated rings. The highest BCUT2D eigenvalue weighted by atomic mass is 16.3. The minimum absolute atomic E-state index is 0.0628. The number of hydrogen-bond acceptors (Lipinski definition) is 3. The van der Waals surface area contributed by atoms with Crippen molar-refractivity contribution < 1.29 is 9.90 Å². The minimum Gasteiger partial charge on any atom is -0.395 e. The molecule has 1 aliphatic carbocycles. The van der Waals surface area contributed by atoms with E-state index in [2.05, 4.69) is 10.2 Å². The van der Waals surface area contributed by atoms with Gasteiger partial charge in [0.25, 0.3) is 0 Å². The molecule has 1 saturated carbocycles. The van der Waals surface area contributed by atoms with Crippen molar-refractivity contribution >= 4 is 5.91 Å². The van der Waals surface area contributed by atoms with Gasteiger partial charge in [-0.3, -0.25) is 9.69 Å². The van der Waals surface area contributed by atoms with E-state index in [-0.39, 0.29) is 18.6 Å². The van der Waals surface area contributed by atoms with Crippen molar-refractivity contribution in [3.63, 3.8) is 0 Å². The van der Waals surface area contributed by atoms with Crippen molar-refractivity contribution in [3.8, 4) is 0 Å². The van der Waals surface area contributed by atoms with Gasteiger partial charge in [0, 0.05) is 19.1 Å². The van der Waals surface area contributed by atoms with Crippen molar-refractivity contribution in [2.24, 2.45) is 0 Å². The first kappa shape index (κ1) is 11.5. The summed E-state index contributed by atoms with van der Waals surface area (Å²) < 4.78 is 0. The van der Waals surface area contributed by atoms with Gasteiger partial charge in [0.15, 0.2) is 0 Å². The van der Waals surface area contributed by atoms with E-state index in [4.69, 9.17) is 5.11 Å². The molecule has 0 aromatic heterocycles. The number of hydrogen-bond donors (Lipinski definition) is 2. The van der Waals surface area contributed by atoms with Gasteiger partial charge in [-0.05, 0) is 26.7 Å². The molecule has 1 rings (SSSR count). The van der Waals surface area contributed by atoms with E-state index in [9.17, 15) is 4.79 Å². The van der Waals surface area contributed by atoms with Gasteiger partial charge >= 0.3 is 0 Å². The molecule has 1 atom stereocenters. The third kappa shape index (κ3) is 2.96. The molecular formula is C10H20N2O2. The van der Waals surface area contributed by atoms with E-state index in [1.54, 1.807) is 0 Å². The molecule has 82 valence electrons. The van der Waals surface area contributed by atoms with Crippen LogP contribution in [-0.4, -0.2) is 47.7 Å². The molecule has 1 unspecified atom stereocenters. The van der Waals surface area contributed by atoms with Crippen molar-refractivity contribution in [1.29, 1.82) is 0 Å². The lowest BCUT2D eigenvalue weighted by Crippen LogP contribution is -2.47. The summed E-state index contributed by atoms with van der Waals surface area (Å²) >= 11 is 0. The second-order valence-corrected chi connectivity index (χ2v) is 3.76. The molecule has 2 N–H and O–H groups in total. The zero-order valence-corrected chi connectivity index (χ0v) is 8.99. The number of nitrogens with one attached hydrogen (secondary N) is 1. The lowest BCUT2D eigenvalue weighted by Gasteiger charge is -2.27. The van der Waals surface area contributed by atoms with Crippen LogP contribution in [0, 0.1) is 0 Å². The van der Waals surface area contributed by atoms with E-state index in [0.717, 1.165) is 12.8 Å². The van der Waals surface area contributed by atoms with Crippen LogP contribution in [-0.2, 0) is 4.79 Å². The Morgan fingerprint density at radius 2 is 2.29 bits per heavy atom. The Balaban J connectivity index is 2.44. The first-order chi connectivity index (χ1) is 6.70. The monoisotopic (exact) mass is 200 g/mol. The predicted molar refractivity (Wildman–Crippen MR) is 55.0 cm³/mol. The lowest BCUT2D eigenvalue weighted by molar-refractivity contribution is -0.126. The highest BCUT2D eigenvalue weighted by Gasteiger charge is 2.34. The van der Waals surface area contributed by atoms with Gasteiger partial charge in [0.05, 0.1) is 12.6 Å². The first-order valence-corrected chi connectivity index (χ1v) is 5.35. The molecule has 4 nitrogen and oxygen atoms in total. The average molecular weight is 200 g/mol.